The van der Waals surface area contributed by atoms with Crippen molar-refractivity contribution in [3.8, 4) is 0 Å². The van der Waals surface area contributed by atoms with Gasteiger partial charge in [0.2, 0.25) is 0 Å². The lowest BCUT2D eigenvalue weighted by atomic mass is 10.1. The van der Waals surface area contributed by atoms with Crippen LogP contribution in [-0.2, 0) is 17.8 Å². The smallest absolute Gasteiger partial charge is 0.267 e. The Morgan fingerprint density at radius 1 is 1.00 bits per heavy atom. The third kappa shape index (κ3) is 5.06. The van der Waals surface area contributed by atoms with E-state index in [0.29, 0.717) is 37.8 Å². The van der Waals surface area contributed by atoms with E-state index >= 15 is 0 Å². The number of anilines is 1. The second-order valence-electron chi connectivity index (χ2n) is 8.13. The van der Waals surface area contributed by atoms with E-state index in [0.717, 1.165) is 12.0 Å². The zero-order valence-corrected chi connectivity index (χ0v) is 21.4. The van der Waals surface area contributed by atoms with Gasteiger partial charge in [0.1, 0.15) is 15.8 Å². The average molecular weight is 533 g/mol. The molecule has 0 bridgehead atoms. The molecule has 1 aliphatic heterocycles. The fourth-order valence-electron chi connectivity index (χ4n) is 3.90. The van der Waals surface area contributed by atoms with E-state index in [1.807, 2.05) is 42.5 Å². The molecule has 1 fully saturated rings. The van der Waals surface area contributed by atoms with Gasteiger partial charge in [0, 0.05) is 17.8 Å². The highest BCUT2D eigenvalue weighted by molar-refractivity contribution is 8.26. The second-order valence-corrected chi connectivity index (χ2v) is 10.2. The molecule has 0 unspecified atom stereocenters. The maximum atomic E-state index is 13.4. The van der Waals surface area contributed by atoms with Crippen LogP contribution in [0.1, 0.15) is 16.7 Å². The number of thioether (sulfide) groups is 1. The Labute approximate surface area is 222 Å². The number of rotatable bonds is 7. The molecule has 0 spiro atoms. The Hall–Kier alpha value is -3.46. The molecule has 0 saturated carbocycles. The number of fused-ring (bicyclic) bond motifs is 1. The van der Waals surface area contributed by atoms with Crippen LogP contribution in [0.15, 0.2) is 88.7 Å². The minimum Gasteiger partial charge on any atom is -0.369 e. The number of hydrogen-bond donors (Lipinski definition) is 1. The van der Waals surface area contributed by atoms with E-state index in [1.165, 1.54) is 26.6 Å². The number of thiocarbonyl (C=S) groups is 1. The van der Waals surface area contributed by atoms with Crippen LogP contribution in [0.3, 0.4) is 0 Å². The van der Waals surface area contributed by atoms with Gasteiger partial charge in [-0.3, -0.25) is 18.9 Å². The normalized spacial score (nSPS) is 14.7. The number of carbonyl (C=O) groups excluding carboxylic acids is 1. The van der Waals surface area contributed by atoms with Gasteiger partial charge >= 0.3 is 0 Å². The highest BCUT2D eigenvalue weighted by Gasteiger charge is 2.33. The molecule has 6 nitrogen and oxygen atoms in total. The molecule has 1 saturated heterocycles. The van der Waals surface area contributed by atoms with E-state index in [9.17, 15) is 9.59 Å². The topological polar surface area (TPSA) is 66.7 Å². The molecule has 1 aliphatic rings. The summed E-state index contributed by atoms with van der Waals surface area (Å²) in [7, 11) is 0. The Morgan fingerprint density at radius 3 is 2.56 bits per heavy atom. The van der Waals surface area contributed by atoms with Gasteiger partial charge in [-0.2, -0.15) is 0 Å². The maximum absolute atomic E-state index is 13.4. The van der Waals surface area contributed by atoms with Crippen molar-refractivity contribution in [3.05, 3.63) is 116 Å². The summed E-state index contributed by atoms with van der Waals surface area (Å²) in [4.78, 5) is 33.3. The fourth-order valence-corrected chi connectivity index (χ4v) is 5.33. The first-order valence-corrected chi connectivity index (χ1v) is 12.9. The van der Waals surface area contributed by atoms with E-state index < -0.39 is 0 Å². The van der Waals surface area contributed by atoms with Gasteiger partial charge in [0.25, 0.3) is 11.5 Å². The number of carbonyl (C=O) groups is 1. The molecule has 2 aromatic carbocycles. The summed E-state index contributed by atoms with van der Waals surface area (Å²) >= 11 is 12.9. The number of aromatic nitrogens is 2. The van der Waals surface area contributed by atoms with Gasteiger partial charge in [-0.25, -0.2) is 4.98 Å². The minimum atomic E-state index is -0.266. The van der Waals surface area contributed by atoms with Crippen LogP contribution in [0.25, 0.3) is 11.7 Å². The Balaban J connectivity index is 1.47. The lowest BCUT2D eigenvalue weighted by Crippen LogP contribution is -2.27. The third-order valence-corrected chi connectivity index (χ3v) is 7.50. The van der Waals surface area contributed by atoms with E-state index in [-0.39, 0.29) is 18.0 Å². The van der Waals surface area contributed by atoms with Gasteiger partial charge in [-0.15, -0.1) is 0 Å². The summed E-state index contributed by atoms with van der Waals surface area (Å²) in [5.74, 6) is 0.163. The van der Waals surface area contributed by atoms with E-state index in [4.69, 9.17) is 23.8 Å². The van der Waals surface area contributed by atoms with Crippen LogP contribution in [0.2, 0.25) is 5.02 Å². The Bertz CT molecular complexity index is 1550. The number of nitrogens with zero attached hydrogens (tertiary/aromatic N) is 3. The van der Waals surface area contributed by atoms with Crippen LogP contribution in [-0.4, -0.2) is 31.1 Å². The number of pyridine rings is 1. The highest BCUT2D eigenvalue weighted by atomic mass is 35.5. The third-order valence-electron chi connectivity index (χ3n) is 5.75. The summed E-state index contributed by atoms with van der Waals surface area (Å²) < 4.78 is 1.89. The Morgan fingerprint density at radius 2 is 1.75 bits per heavy atom. The molecule has 9 heteroatoms. The Kier molecular flexibility index (Phi) is 7.18. The molecule has 5 rings (SSSR count). The van der Waals surface area contributed by atoms with Gasteiger partial charge in [-0.05, 0) is 41.8 Å². The summed E-state index contributed by atoms with van der Waals surface area (Å²) in [6, 6.07) is 22.8. The second kappa shape index (κ2) is 10.7. The first-order valence-electron chi connectivity index (χ1n) is 11.3. The van der Waals surface area contributed by atoms with Crippen molar-refractivity contribution < 1.29 is 4.79 Å². The number of benzene rings is 2. The molecule has 0 aliphatic carbocycles. The number of halogens is 1. The fraction of sp³-hybridized carbons (Fsp3) is 0.111. The highest BCUT2D eigenvalue weighted by Crippen LogP contribution is 2.34. The number of hydrogen-bond acceptors (Lipinski definition) is 6. The largest absolute Gasteiger partial charge is 0.369 e. The standard InChI is InChI=1S/C27H21ClN4O2S2/c28-21-11-5-4-10-19(21)17-32-26(34)22(36-27(32)35)16-20-24(29-14-13-18-8-2-1-3-9-18)30-23-12-6-7-15-31(23)25(20)33/h1-12,15-16,29H,13-14,17H2/b22-16+. The summed E-state index contributed by atoms with van der Waals surface area (Å²) in [5.41, 5.74) is 2.54. The summed E-state index contributed by atoms with van der Waals surface area (Å²) in [6.07, 6.45) is 4.01. The molecule has 2 aromatic heterocycles. The molecule has 3 heterocycles. The van der Waals surface area contributed by atoms with Gasteiger partial charge < -0.3 is 5.32 Å². The molecule has 36 heavy (non-hydrogen) atoms. The molecule has 1 N–H and O–H groups in total. The van der Waals surface area contributed by atoms with Crippen LogP contribution < -0.4 is 10.9 Å². The summed E-state index contributed by atoms with van der Waals surface area (Å²) in [5, 5.41) is 3.87. The van der Waals surface area contributed by atoms with Gasteiger partial charge in [-0.1, -0.05) is 90.2 Å². The summed E-state index contributed by atoms with van der Waals surface area (Å²) in [6.45, 7) is 0.840. The number of amides is 1. The first-order chi connectivity index (χ1) is 17.5. The molecule has 0 radical (unpaired) electrons. The van der Waals surface area contributed by atoms with Gasteiger partial charge in [0.15, 0.2) is 0 Å². The zero-order valence-electron chi connectivity index (χ0n) is 19.1. The van der Waals surface area contributed by atoms with Crippen molar-refractivity contribution >= 4 is 63.3 Å². The minimum absolute atomic E-state index is 0.263. The SMILES string of the molecule is O=C1/C(=C\c2c(NCCc3ccccc3)nc3ccccn3c2=O)SC(=S)N1Cc1ccccc1Cl. The predicted octanol–water partition coefficient (Wildman–Crippen LogP) is 5.40. The zero-order chi connectivity index (χ0) is 25.1. The van der Waals surface area contributed by atoms with Crippen molar-refractivity contribution in [3.63, 3.8) is 0 Å². The molecule has 0 atom stereocenters. The van der Waals surface area contributed by atoms with E-state index in [1.54, 1.807) is 30.5 Å². The van der Waals surface area contributed by atoms with Crippen molar-refractivity contribution in [2.45, 2.75) is 13.0 Å². The first kappa shape index (κ1) is 24.2. The van der Waals surface area contributed by atoms with Crippen molar-refractivity contribution in [2.24, 2.45) is 0 Å². The van der Waals surface area contributed by atoms with E-state index in [2.05, 4.69) is 22.4 Å². The molecule has 4 aromatic rings. The van der Waals surface area contributed by atoms with Crippen molar-refractivity contribution in [1.29, 1.82) is 0 Å². The predicted molar refractivity (Wildman–Crippen MR) is 150 cm³/mol. The van der Waals surface area contributed by atoms with Crippen molar-refractivity contribution in [1.82, 2.24) is 14.3 Å². The molecular formula is C27H21ClN4O2S2. The average Bonchev–Trinajstić information content (AvgIpc) is 3.15. The van der Waals surface area contributed by atoms with Crippen LogP contribution in [0.4, 0.5) is 5.82 Å². The maximum Gasteiger partial charge on any atom is 0.267 e. The molecule has 1 amide bonds. The lowest BCUT2D eigenvalue weighted by molar-refractivity contribution is -0.122. The molecule has 180 valence electrons. The van der Waals surface area contributed by atoms with Crippen LogP contribution in [0, 0.1) is 0 Å². The quantitative estimate of drug-likeness (QED) is 0.254. The van der Waals surface area contributed by atoms with Gasteiger partial charge in [0.05, 0.1) is 17.0 Å². The number of nitrogens with one attached hydrogen (secondary N) is 1. The monoisotopic (exact) mass is 532 g/mol. The van der Waals surface area contributed by atoms with Crippen molar-refractivity contribution in [2.75, 3.05) is 11.9 Å². The molecular weight excluding hydrogens is 512 g/mol. The van der Waals surface area contributed by atoms with Crippen LogP contribution in [0.5, 0.6) is 0 Å². The lowest BCUT2D eigenvalue weighted by Gasteiger charge is -2.15. The van der Waals surface area contributed by atoms with Crippen LogP contribution >= 0.6 is 35.6 Å².